The van der Waals surface area contributed by atoms with E-state index in [0.717, 1.165) is 61.6 Å². The maximum atomic E-state index is 12.1. The number of ether oxygens (including phenoxy) is 8. The average molecular weight is 1290 g/mol. The number of pyridine rings is 4. The second-order valence-corrected chi connectivity index (χ2v) is 23.3. The predicted octanol–water partition coefficient (Wildman–Crippen LogP) is 16.6. The van der Waals surface area contributed by atoms with Gasteiger partial charge in [0.25, 0.3) is 0 Å². The van der Waals surface area contributed by atoms with Crippen molar-refractivity contribution in [1.29, 1.82) is 0 Å². The molecule has 0 aliphatic rings. The van der Waals surface area contributed by atoms with Crippen LogP contribution in [-0.4, -0.2) is 102 Å². The minimum atomic E-state index is -0.463. The number of hydrogen-bond acceptors (Lipinski definition) is 17. The van der Waals surface area contributed by atoms with Crippen molar-refractivity contribution < 1.29 is 57.1 Å². The Kier molecular flexibility index (Phi) is 29.2. The lowest BCUT2D eigenvalue weighted by molar-refractivity contribution is 0.0360. The highest BCUT2D eigenvalue weighted by molar-refractivity contribution is 7.99. The van der Waals surface area contributed by atoms with Crippen molar-refractivity contribution in [3.63, 3.8) is 0 Å². The Balaban J connectivity index is 0.000000199. The third kappa shape index (κ3) is 23.6. The molecular formula is C77H82N4O12S. The van der Waals surface area contributed by atoms with E-state index in [1.54, 1.807) is 104 Å². The molecule has 0 aliphatic carbocycles. The van der Waals surface area contributed by atoms with Crippen LogP contribution in [0.3, 0.4) is 0 Å². The molecular weight excluding hydrogens is 1200 g/mol. The summed E-state index contributed by atoms with van der Waals surface area (Å²) in [5.74, 6) is 6.73. The average Bonchev–Trinajstić information content (AvgIpc) is 0.914. The number of carbonyl (C=O) groups excluding carboxylic acids is 4. The van der Waals surface area contributed by atoms with Gasteiger partial charge in [-0.2, -0.15) is 0 Å². The van der Waals surface area contributed by atoms with Crippen molar-refractivity contribution in [2.45, 2.75) is 111 Å². The Hall–Kier alpha value is -9.99. The van der Waals surface area contributed by atoms with Crippen LogP contribution < -0.4 is 9.47 Å². The SMILES string of the molecule is CC(C)OC(=O)c1cccc(-c2ccc(C#Cc3ccccc3)cc2)n1.CCSc1ccc(-c2cccc(C(=O)OC(C)C)n2)cc1.COCc1ccc(-c2cc(OC)cc(C(=O)OC(C)C)n2)cc1.COc1cc(C(=O)OC(C)C)nc(-c2ccc(C(C)OC)cc2)c1. The first-order valence-corrected chi connectivity index (χ1v) is 31.7. The maximum absolute atomic E-state index is 12.1. The molecule has 5 aromatic carbocycles. The Morgan fingerprint density at radius 3 is 1.17 bits per heavy atom. The summed E-state index contributed by atoms with van der Waals surface area (Å²) in [4.78, 5) is 67.0. The third-order valence-corrected chi connectivity index (χ3v) is 14.0. The molecule has 94 heavy (non-hydrogen) atoms. The van der Waals surface area contributed by atoms with Gasteiger partial charge in [-0.1, -0.05) is 122 Å². The van der Waals surface area contributed by atoms with Gasteiger partial charge in [-0.05, 0) is 140 Å². The number of benzene rings is 5. The van der Waals surface area contributed by atoms with Gasteiger partial charge in [-0.3, -0.25) is 0 Å². The van der Waals surface area contributed by atoms with E-state index >= 15 is 0 Å². The number of hydrogen-bond donors (Lipinski definition) is 0. The molecule has 0 radical (unpaired) electrons. The first-order valence-electron chi connectivity index (χ1n) is 30.7. The van der Waals surface area contributed by atoms with Gasteiger partial charge in [0.15, 0.2) is 11.4 Å². The number of carbonyl (C=O) groups is 4. The number of methoxy groups -OCH3 is 4. The minimum Gasteiger partial charge on any atom is -0.497 e. The molecule has 16 nitrogen and oxygen atoms in total. The van der Waals surface area contributed by atoms with Crippen LogP contribution in [0.2, 0.25) is 0 Å². The van der Waals surface area contributed by atoms with Crippen LogP contribution in [-0.2, 0) is 35.0 Å². The third-order valence-electron chi connectivity index (χ3n) is 13.1. The molecule has 0 aliphatic heterocycles. The highest BCUT2D eigenvalue weighted by Gasteiger charge is 2.18. The topological polar surface area (TPSA) is 194 Å². The summed E-state index contributed by atoms with van der Waals surface area (Å²) in [5, 5.41) is 0. The second-order valence-electron chi connectivity index (χ2n) is 22.0. The second kappa shape index (κ2) is 37.5. The number of rotatable bonds is 20. The fourth-order valence-electron chi connectivity index (χ4n) is 8.55. The molecule has 9 aromatic rings. The number of aromatic nitrogens is 4. The molecule has 0 spiro atoms. The van der Waals surface area contributed by atoms with Crippen LogP contribution >= 0.6 is 11.8 Å². The zero-order chi connectivity index (χ0) is 68.1. The maximum Gasteiger partial charge on any atom is 0.357 e. The predicted molar refractivity (Wildman–Crippen MR) is 369 cm³/mol. The summed E-state index contributed by atoms with van der Waals surface area (Å²) >= 11 is 1.80. The Morgan fingerprint density at radius 1 is 0.404 bits per heavy atom. The largest absolute Gasteiger partial charge is 0.497 e. The van der Waals surface area contributed by atoms with Gasteiger partial charge in [-0.15, -0.1) is 11.8 Å². The highest BCUT2D eigenvalue weighted by Crippen LogP contribution is 2.29. The van der Waals surface area contributed by atoms with Gasteiger partial charge in [0.05, 0.1) is 74.1 Å². The van der Waals surface area contributed by atoms with Crippen molar-refractivity contribution in [2.24, 2.45) is 0 Å². The van der Waals surface area contributed by atoms with Gasteiger partial charge in [0.2, 0.25) is 0 Å². The van der Waals surface area contributed by atoms with E-state index in [2.05, 4.69) is 50.8 Å². The van der Waals surface area contributed by atoms with Crippen LogP contribution in [0.4, 0.5) is 0 Å². The lowest BCUT2D eigenvalue weighted by Crippen LogP contribution is -2.13. The van der Waals surface area contributed by atoms with E-state index in [1.807, 2.05) is 174 Å². The van der Waals surface area contributed by atoms with E-state index in [-0.39, 0.29) is 47.9 Å². The van der Waals surface area contributed by atoms with Gasteiger partial charge < -0.3 is 37.9 Å². The molecule has 1 unspecified atom stereocenters. The van der Waals surface area contributed by atoms with Crippen LogP contribution in [0, 0.1) is 11.8 Å². The molecule has 4 heterocycles. The molecule has 9 rings (SSSR count). The van der Waals surface area contributed by atoms with Crippen molar-refractivity contribution >= 4 is 35.6 Å². The molecule has 0 fully saturated rings. The van der Waals surface area contributed by atoms with Gasteiger partial charge in [0, 0.05) is 76.8 Å². The summed E-state index contributed by atoms with van der Waals surface area (Å²) in [6, 6.07) is 59.0. The van der Waals surface area contributed by atoms with Crippen LogP contribution in [0.1, 0.15) is 140 Å². The molecule has 0 bridgehead atoms. The van der Waals surface area contributed by atoms with Crippen molar-refractivity contribution in [3.05, 3.63) is 233 Å². The summed E-state index contributed by atoms with van der Waals surface area (Å²) in [6.45, 7) is 19.1. The quantitative estimate of drug-likeness (QED) is 0.0302. The first kappa shape index (κ1) is 73.1. The van der Waals surface area contributed by atoms with Crippen LogP contribution in [0.15, 0.2) is 193 Å². The van der Waals surface area contributed by atoms with Gasteiger partial charge >= 0.3 is 23.9 Å². The number of esters is 4. The van der Waals surface area contributed by atoms with Crippen molar-refractivity contribution in [2.75, 3.05) is 34.2 Å². The van der Waals surface area contributed by atoms with E-state index in [0.29, 0.717) is 40.9 Å². The summed E-state index contributed by atoms with van der Waals surface area (Å²) in [7, 11) is 6.44. The zero-order valence-corrected chi connectivity index (χ0v) is 56.6. The highest BCUT2D eigenvalue weighted by atomic mass is 32.2. The molecule has 0 amide bonds. The molecule has 0 saturated carbocycles. The first-order chi connectivity index (χ1) is 45.2. The molecule has 17 heteroatoms. The smallest absolute Gasteiger partial charge is 0.357 e. The summed E-state index contributed by atoms with van der Waals surface area (Å²) in [5.41, 5.74) is 11.7. The van der Waals surface area contributed by atoms with Crippen LogP contribution in [0.25, 0.3) is 45.0 Å². The molecule has 1 atom stereocenters. The fraction of sp³-hybridized carbons (Fsp3) is 0.273. The minimum absolute atomic E-state index is 0.0221. The van der Waals surface area contributed by atoms with Crippen molar-refractivity contribution in [1.82, 2.24) is 19.9 Å². The van der Waals surface area contributed by atoms with E-state index in [1.165, 1.54) is 4.90 Å². The van der Waals surface area contributed by atoms with E-state index < -0.39 is 17.9 Å². The Bertz CT molecular complexity index is 3940. The number of nitrogens with zero attached hydrogens (tertiary/aromatic N) is 4. The van der Waals surface area contributed by atoms with Gasteiger partial charge in [0.1, 0.15) is 22.9 Å². The zero-order valence-electron chi connectivity index (χ0n) is 55.8. The molecule has 0 N–H and O–H groups in total. The molecule has 4 aromatic heterocycles. The van der Waals surface area contributed by atoms with E-state index in [4.69, 9.17) is 37.9 Å². The monoisotopic (exact) mass is 1290 g/mol. The Labute approximate surface area is 556 Å². The summed E-state index contributed by atoms with van der Waals surface area (Å²) in [6.07, 6.45) is -0.700. The summed E-state index contributed by atoms with van der Waals surface area (Å²) < 4.78 is 41.8. The Morgan fingerprint density at radius 2 is 0.777 bits per heavy atom. The van der Waals surface area contributed by atoms with Gasteiger partial charge in [-0.25, -0.2) is 39.1 Å². The fourth-order valence-corrected chi connectivity index (χ4v) is 9.21. The molecule has 0 saturated heterocycles. The lowest BCUT2D eigenvalue weighted by Gasteiger charge is -2.12. The van der Waals surface area contributed by atoms with Crippen LogP contribution in [0.5, 0.6) is 11.5 Å². The van der Waals surface area contributed by atoms with E-state index in [9.17, 15) is 19.2 Å². The van der Waals surface area contributed by atoms with Crippen molar-refractivity contribution in [3.8, 4) is 68.4 Å². The normalized spacial score (nSPS) is 10.9. The molecule has 488 valence electrons. The lowest BCUT2D eigenvalue weighted by atomic mass is 10.1. The number of thioether (sulfide) groups is 1. The standard InChI is InChI=1S/C23H19NO2.C19H23NO4.C18H21NO4.C17H19NO2S/c1-17(2)26-23(25)22-10-6-9-21(24-22)20-15-13-19(14-16-20)12-11-18-7-4-3-5-8-18;1-12(2)24-19(21)18-11-16(23-5)10-17(20-18)15-8-6-14(7-9-15)13(3)22-4;1-12(2)23-18(20)17-10-15(22-4)9-16(19-17)14-7-5-13(6-8-14)11-21-3;1-4-21-14-10-8-13(9-11-14)15-6-5-7-16(18-15)17(19)20-12(2)3/h3-10,13-17H,1-2H3;6-13H,1-5H3;5-10,12H,11H2,1-4H3;5-12H,4H2,1-3H3.